The topological polar surface area (TPSA) is 117 Å². The lowest BCUT2D eigenvalue weighted by Crippen LogP contribution is -2.45. The van der Waals surface area contributed by atoms with E-state index in [9.17, 15) is 14.4 Å². The second kappa shape index (κ2) is 8.19. The molecule has 0 unspecified atom stereocenters. The maximum Gasteiger partial charge on any atom is 0.425 e. The molecule has 0 aliphatic heterocycles. The molecule has 0 aromatic carbocycles. The Morgan fingerprint density at radius 3 is 1.78 bits per heavy atom. The van der Waals surface area contributed by atoms with Crippen LogP contribution in [0.25, 0.3) is 0 Å². The molecular formula is C17H25N3O7. The van der Waals surface area contributed by atoms with Gasteiger partial charge in [0, 0.05) is 0 Å². The fourth-order valence-electron chi connectivity index (χ4n) is 1.72. The van der Waals surface area contributed by atoms with Crippen LogP contribution in [-0.2, 0) is 14.2 Å². The van der Waals surface area contributed by atoms with Gasteiger partial charge in [-0.25, -0.2) is 24.4 Å². The Balaban J connectivity index is 3.52. The molecule has 0 saturated carbocycles. The average Bonchev–Trinajstić information content (AvgIpc) is 2.51. The van der Waals surface area contributed by atoms with E-state index in [0.29, 0.717) is 4.90 Å². The number of anilines is 1. The van der Waals surface area contributed by atoms with E-state index < -0.39 is 40.9 Å². The second-order valence-electron chi connectivity index (χ2n) is 7.37. The molecule has 0 spiro atoms. The van der Waals surface area contributed by atoms with Crippen molar-refractivity contribution in [3.8, 4) is 5.88 Å². The molecule has 0 fully saturated rings. The zero-order valence-corrected chi connectivity index (χ0v) is 16.8. The molecule has 1 aromatic heterocycles. The average molecular weight is 383 g/mol. The molecule has 1 rings (SSSR count). The number of esters is 1. The SMILES string of the molecule is COC(=O)c1nc(OC)cnc1N(C(=O)OC(C)(C)C)C(=O)OC(C)(C)C. The third-order valence-electron chi connectivity index (χ3n) is 2.68. The number of rotatable bonds is 3. The molecule has 1 aromatic rings. The molecule has 0 bridgehead atoms. The number of amides is 2. The van der Waals surface area contributed by atoms with Crippen LogP contribution in [0.5, 0.6) is 5.88 Å². The van der Waals surface area contributed by atoms with Gasteiger partial charge in [0.1, 0.15) is 11.2 Å². The van der Waals surface area contributed by atoms with Gasteiger partial charge < -0.3 is 18.9 Å². The quantitative estimate of drug-likeness (QED) is 0.573. The summed E-state index contributed by atoms with van der Waals surface area (Å²) in [5.74, 6) is -1.33. The number of imide groups is 1. The third kappa shape index (κ3) is 6.39. The zero-order chi connectivity index (χ0) is 21.0. The summed E-state index contributed by atoms with van der Waals surface area (Å²) in [7, 11) is 2.45. The standard InChI is InChI=1S/C17H25N3O7/c1-16(2,3)26-14(22)20(15(23)27-17(4,5)6)12-11(13(21)25-8)19-10(24-7)9-18-12/h9H,1-8H3. The van der Waals surface area contributed by atoms with E-state index in [1.807, 2.05) is 0 Å². The third-order valence-corrected chi connectivity index (χ3v) is 2.68. The number of ether oxygens (including phenoxy) is 4. The number of carbonyl (C=O) groups excluding carboxylic acids is 3. The van der Waals surface area contributed by atoms with Crippen LogP contribution in [0.15, 0.2) is 6.20 Å². The predicted octanol–water partition coefficient (Wildman–Crippen LogP) is 2.95. The number of nitrogens with zero attached hydrogens (tertiary/aromatic N) is 3. The van der Waals surface area contributed by atoms with E-state index in [4.69, 9.17) is 14.2 Å². The smallest absolute Gasteiger partial charge is 0.425 e. The minimum absolute atomic E-state index is 0.00697. The van der Waals surface area contributed by atoms with Crippen LogP contribution in [0, 0.1) is 0 Å². The molecule has 0 atom stereocenters. The summed E-state index contributed by atoms with van der Waals surface area (Å²) in [6.07, 6.45) is -1.02. The Morgan fingerprint density at radius 2 is 1.41 bits per heavy atom. The Hall–Kier alpha value is -2.91. The Morgan fingerprint density at radius 1 is 0.926 bits per heavy atom. The van der Waals surface area contributed by atoms with Crippen LogP contribution < -0.4 is 9.64 Å². The molecule has 10 nitrogen and oxygen atoms in total. The summed E-state index contributed by atoms with van der Waals surface area (Å²) in [6, 6.07) is 0. The number of carbonyl (C=O) groups is 3. The van der Waals surface area contributed by atoms with Crippen molar-refractivity contribution < 1.29 is 33.3 Å². The monoisotopic (exact) mass is 383 g/mol. The largest absolute Gasteiger partial charge is 0.480 e. The molecule has 0 aliphatic carbocycles. The fourth-order valence-corrected chi connectivity index (χ4v) is 1.72. The molecule has 10 heteroatoms. The maximum absolute atomic E-state index is 12.7. The van der Waals surface area contributed by atoms with E-state index in [0.717, 1.165) is 13.3 Å². The lowest BCUT2D eigenvalue weighted by Gasteiger charge is -2.28. The van der Waals surface area contributed by atoms with E-state index in [-0.39, 0.29) is 5.88 Å². The van der Waals surface area contributed by atoms with Crippen molar-refractivity contribution in [3.05, 3.63) is 11.9 Å². The fraction of sp³-hybridized carbons (Fsp3) is 0.588. The highest BCUT2D eigenvalue weighted by atomic mass is 16.6. The van der Waals surface area contributed by atoms with Crippen molar-refractivity contribution in [2.75, 3.05) is 19.1 Å². The molecule has 0 N–H and O–H groups in total. The van der Waals surface area contributed by atoms with E-state index in [1.165, 1.54) is 7.11 Å². The number of hydrogen-bond acceptors (Lipinski definition) is 9. The van der Waals surface area contributed by atoms with Gasteiger partial charge in [0.05, 0.1) is 20.4 Å². The summed E-state index contributed by atoms with van der Waals surface area (Å²) in [4.78, 5) is 45.8. The Labute approximate surface area is 157 Å². The van der Waals surface area contributed by atoms with Gasteiger partial charge in [0.2, 0.25) is 5.88 Å². The van der Waals surface area contributed by atoms with Gasteiger partial charge in [0.15, 0.2) is 11.5 Å². The van der Waals surface area contributed by atoms with Crippen molar-refractivity contribution in [2.24, 2.45) is 0 Å². The van der Waals surface area contributed by atoms with Gasteiger partial charge >= 0.3 is 18.2 Å². The van der Waals surface area contributed by atoms with Crippen LogP contribution in [0.2, 0.25) is 0 Å². The number of aromatic nitrogens is 2. The van der Waals surface area contributed by atoms with Gasteiger partial charge in [-0.05, 0) is 41.5 Å². The first kappa shape index (κ1) is 22.1. The lowest BCUT2D eigenvalue weighted by molar-refractivity contribution is 0.0428. The van der Waals surface area contributed by atoms with E-state index in [2.05, 4.69) is 14.7 Å². The normalized spacial score (nSPS) is 11.4. The van der Waals surface area contributed by atoms with Crippen LogP contribution in [0.3, 0.4) is 0 Å². The highest BCUT2D eigenvalue weighted by Crippen LogP contribution is 2.24. The van der Waals surface area contributed by atoms with Crippen molar-refractivity contribution in [1.29, 1.82) is 0 Å². The summed E-state index contributed by atoms with van der Waals surface area (Å²) < 4.78 is 20.1. The molecule has 2 amide bonds. The van der Waals surface area contributed by atoms with Crippen LogP contribution in [0.4, 0.5) is 15.4 Å². The summed E-state index contributed by atoms with van der Waals surface area (Å²) in [6.45, 7) is 9.74. The summed E-state index contributed by atoms with van der Waals surface area (Å²) >= 11 is 0. The summed E-state index contributed by atoms with van der Waals surface area (Å²) in [5, 5.41) is 0. The Kier molecular flexibility index (Phi) is 6.71. The second-order valence-corrected chi connectivity index (χ2v) is 7.37. The van der Waals surface area contributed by atoms with Crippen molar-refractivity contribution >= 4 is 24.0 Å². The molecule has 0 radical (unpaired) electrons. The van der Waals surface area contributed by atoms with Crippen LogP contribution in [0.1, 0.15) is 52.0 Å². The lowest BCUT2D eigenvalue weighted by atomic mass is 10.2. The van der Waals surface area contributed by atoms with Gasteiger partial charge in [0.25, 0.3) is 0 Å². The minimum atomic E-state index is -1.08. The molecule has 150 valence electrons. The van der Waals surface area contributed by atoms with Gasteiger partial charge in [-0.2, -0.15) is 4.90 Å². The summed E-state index contributed by atoms with van der Waals surface area (Å²) in [5.41, 5.74) is -2.24. The first-order valence-corrected chi connectivity index (χ1v) is 8.04. The number of hydrogen-bond donors (Lipinski definition) is 0. The maximum atomic E-state index is 12.7. The van der Waals surface area contributed by atoms with Crippen molar-refractivity contribution in [3.63, 3.8) is 0 Å². The first-order chi connectivity index (χ1) is 12.3. The van der Waals surface area contributed by atoms with Crippen LogP contribution in [-0.4, -0.2) is 53.5 Å². The molecule has 0 aliphatic rings. The van der Waals surface area contributed by atoms with Gasteiger partial charge in [-0.1, -0.05) is 0 Å². The van der Waals surface area contributed by atoms with Crippen molar-refractivity contribution in [2.45, 2.75) is 52.7 Å². The first-order valence-electron chi connectivity index (χ1n) is 8.04. The molecular weight excluding hydrogens is 358 g/mol. The molecule has 0 saturated heterocycles. The predicted molar refractivity (Wildman–Crippen MR) is 94.9 cm³/mol. The molecule has 1 heterocycles. The molecule has 27 heavy (non-hydrogen) atoms. The van der Waals surface area contributed by atoms with Crippen molar-refractivity contribution in [1.82, 2.24) is 9.97 Å². The zero-order valence-electron chi connectivity index (χ0n) is 16.8. The van der Waals surface area contributed by atoms with Gasteiger partial charge in [-0.15, -0.1) is 0 Å². The minimum Gasteiger partial charge on any atom is -0.480 e. The number of methoxy groups -OCH3 is 2. The van der Waals surface area contributed by atoms with Crippen LogP contribution >= 0.6 is 0 Å². The highest BCUT2D eigenvalue weighted by molar-refractivity contribution is 6.12. The van der Waals surface area contributed by atoms with E-state index >= 15 is 0 Å². The highest BCUT2D eigenvalue weighted by Gasteiger charge is 2.37. The Bertz CT molecular complexity index is 692. The van der Waals surface area contributed by atoms with Gasteiger partial charge in [-0.3, -0.25) is 0 Å². The van der Waals surface area contributed by atoms with E-state index in [1.54, 1.807) is 41.5 Å².